The number of benzene rings is 4. The SMILES string of the molecule is CCc1cc(C(=O)O)cc(-c2ccccc2Cn2ccc3cc(C(=O)NC(C)c4ccc([N+](=O)[O-])cc4)ccc32)c1. The van der Waals surface area contributed by atoms with Crippen molar-refractivity contribution in [3.05, 3.63) is 135 Å². The standard InChI is InChI=1S/C33H29N3O5/c1-3-22-16-27(19-28(17-22)33(38)39)30-7-5-4-6-26(30)20-35-15-14-24-18-25(10-13-31(24)35)32(37)34-21(2)23-8-11-29(12-9-23)36(40)41/h4-19,21H,3,20H2,1-2H3,(H,34,37)(H,38,39). The average Bonchev–Trinajstić information content (AvgIpc) is 3.38. The van der Waals surface area contributed by atoms with Crippen LogP contribution in [0.15, 0.2) is 97.2 Å². The summed E-state index contributed by atoms with van der Waals surface area (Å²) in [5, 5.41) is 24.4. The Bertz CT molecular complexity index is 1770. The molecule has 8 nitrogen and oxygen atoms in total. The molecule has 2 N–H and O–H groups in total. The van der Waals surface area contributed by atoms with Gasteiger partial charge in [-0.25, -0.2) is 4.79 Å². The van der Waals surface area contributed by atoms with Crippen LogP contribution in [0.4, 0.5) is 5.69 Å². The van der Waals surface area contributed by atoms with E-state index in [2.05, 4.69) is 9.88 Å². The fourth-order valence-electron chi connectivity index (χ4n) is 5.03. The maximum Gasteiger partial charge on any atom is 0.335 e. The molecule has 0 radical (unpaired) electrons. The number of carboxylic acid groups (broad SMARTS) is 1. The number of aromatic carboxylic acids is 1. The minimum absolute atomic E-state index is 0.00403. The summed E-state index contributed by atoms with van der Waals surface area (Å²) < 4.78 is 2.11. The summed E-state index contributed by atoms with van der Waals surface area (Å²) in [5.74, 6) is -1.18. The minimum Gasteiger partial charge on any atom is -0.478 e. The van der Waals surface area contributed by atoms with Crippen LogP contribution in [0.5, 0.6) is 0 Å². The van der Waals surface area contributed by atoms with Crippen molar-refractivity contribution in [1.82, 2.24) is 9.88 Å². The normalized spacial score (nSPS) is 11.8. The number of nitrogens with zero attached hydrogens (tertiary/aromatic N) is 2. The number of aromatic nitrogens is 1. The summed E-state index contributed by atoms with van der Waals surface area (Å²) in [5.41, 5.74) is 6.39. The van der Waals surface area contributed by atoms with Crippen molar-refractivity contribution in [2.75, 3.05) is 0 Å². The molecule has 0 saturated heterocycles. The number of amides is 1. The van der Waals surface area contributed by atoms with Crippen LogP contribution >= 0.6 is 0 Å². The summed E-state index contributed by atoms with van der Waals surface area (Å²) >= 11 is 0. The number of hydrogen-bond donors (Lipinski definition) is 2. The van der Waals surface area contributed by atoms with Crippen LogP contribution in [0.3, 0.4) is 0 Å². The van der Waals surface area contributed by atoms with Crippen molar-refractivity contribution < 1.29 is 19.6 Å². The van der Waals surface area contributed by atoms with Gasteiger partial charge in [-0.05, 0) is 77.6 Å². The van der Waals surface area contributed by atoms with Crippen molar-refractivity contribution in [2.24, 2.45) is 0 Å². The second-order valence-corrected chi connectivity index (χ2v) is 10.00. The molecule has 0 spiro atoms. The topological polar surface area (TPSA) is 114 Å². The number of carbonyl (C=O) groups excluding carboxylic acids is 1. The van der Waals surface area contributed by atoms with Gasteiger partial charge in [-0.1, -0.05) is 49.4 Å². The Hall–Kier alpha value is -5.24. The molecule has 0 fully saturated rings. The summed E-state index contributed by atoms with van der Waals surface area (Å²) in [6, 6.07) is 26.8. The lowest BCUT2D eigenvalue weighted by Gasteiger charge is -2.15. The van der Waals surface area contributed by atoms with E-state index in [0.717, 1.165) is 45.1 Å². The number of carbonyl (C=O) groups is 2. The second-order valence-electron chi connectivity index (χ2n) is 10.00. The van der Waals surface area contributed by atoms with Gasteiger partial charge < -0.3 is 15.0 Å². The number of aryl methyl sites for hydroxylation is 1. The fourth-order valence-corrected chi connectivity index (χ4v) is 5.03. The molecule has 4 aromatic carbocycles. The number of carboxylic acids is 1. The number of nitrogens with one attached hydrogen (secondary N) is 1. The zero-order valence-electron chi connectivity index (χ0n) is 22.7. The molecule has 1 unspecified atom stereocenters. The van der Waals surface area contributed by atoms with Crippen LogP contribution in [0.1, 0.15) is 57.3 Å². The fraction of sp³-hybridized carbons (Fsp3) is 0.152. The maximum atomic E-state index is 13.0. The van der Waals surface area contributed by atoms with Gasteiger partial charge in [0.2, 0.25) is 0 Å². The Morgan fingerprint density at radius 2 is 1.71 bits per heavy atom. The maximum absolute atomic E-state index is 13.0. The van der Waals surface area contributed by atoms with Gasteiger partial charge in [0.15, 0.2) is 0 Å². The molecule has 206 valence electrons. The summed E-state index contributed by atoms with van der Waals surface area (Å²) in [6.45, 7) is 4.41. The third-order valence-electron chi connectivity index (χ3n) is 7.30. The van der Waals surface area contributed by atoms with Crippen molar-refractivity contribution in [3.63, 3.8) is 0 Å². The van der Waals surface area contributed by atoms with Gasteiger partial charge in [-0.2, -0.15) is 0 Å². The highest BCUT2D eigenvalue weighted by atomic mass is 16.6. The molecule has 0 saturated carbocycles. The molecule has 1 aromatic heterocycles. The number of rotatable bonds is 9. The number of non-ortho nitro benzene ring substituents is 1. The summed E-state index contributed by atoms with van der Waals surface area (Å²) in [6.07, 6.45) is 2.72. The predicted octanol–water partition coefficient (Wildman–Crippen LogP) is 7.02. The number of nitro benzene ring substituents is 1. The third kappa shape index (κ3) is 5.86. The number of hydrogen-bond acceptors (Lipinski definition) is 4. The van der Waals surface area contributed by atoms with Gasteiger partial charge >= 0.3 is 5.97 Å². The van der Waals surface area contributed by atoms with Gasteiger partial charge in [0.25, 0.3) is 11.6 Å². The lowest BCUT2D eigenvalue weighted by atomic mass is 9.95. The van der Waals surface area contributed by atoms with Gasteiger partial charge in [0.05, 0.1) is 16.5 Å². The quantitative estimate of drug-likeness (QED) is 0.152. The molecule has 1 amide bonds. The monoisotopic (exact) mass is 547 g/mol. The van der Waals surface area contributed by atoms with Gasteiger partial charge in [-0.15, -0.1) is 0 Å². The van der Waals surface area contributed by atoms with Gasteiger partial charge in [0.1, 0.15) is 0 Å². The van der Waals surface area contributed by atoms with E-state index in [1.165, 1.54) is 12.1 Å². The van der Waals surface area contributed by atoms with Gasteiger partial charge in [-0.3, -0.25) is 14.9 Å². The molecular weight excluding hydrogens is 518 g/mol. The van der Waals surface area contributed by atoms with E-state index in [-0.39, 0.29) is 23.2 Å². The van der Waals surface area contributed by atoms with Crippen molar-refractivity contribution in [1.29, 1.82) is 0 Å². The van der Waals surface area contributed by atoms with E-state index < -0.39 is 10.9 Å². The Morgan fingerprint density at radius 1 is 0.951 bits per heavy atom. The molecule has 8 heteroatoms. The highest BCUT2D eigenvalue weighted by Crippen LogP contribution is 2.29. The first-order chi connectivity index (χ1) is 19.7. The van der Waals surface area contributed by atoms with Crippen LogP contribution in [-0.2, 0) is 13.0 Å². The second kappa shape index (κ2) is 11.5. The Kier molecular flexibility index (Phi) is 7.65. The molecular formula is C33H29N3O5. The molecule has 41 heavy (non-hydrogen) atoms. The number of fused-ring (bicyclic) bond motifs is 1. The molecule has 5 aromatic rings. The third-order valence-corrected chi connectivity index (χ3v) is 7.30. The lowest BCUT2D eigenvalue weighted by molar-refractivity contribution is -0.384. The largest absolute Gasteiger partial charge is 0.478 e. The first kappa shape index (κ1) is 27.3. The highest BCUT2D eigenvalue weighted by molar-refractivity contribution is 5.98. The van der Waals surface area contributed by atoms with E-state index in [1.807, 2.05) is 68.6 Å². The molecule has 0 bridgehead atoms. The first-order valence-corrected chi connectivity index (χ1v) is 13.3. The van der Waals surface area contributed by atoms with E-state index in [4.69, 9.17) is 0 Å². The molecule has 0 aliphatic heterocycles. The van der Waals surface area contributed by atoms with Crippen LogP contribution in [0.25, 0.3) is 22.0 Å². The van der Waals surface area contributed by atoms with E-state index >= 15 is 0 Å². The van der Waals surface area contributed by atoms with Crippen LogP contribution in [-0.4, -0.2) is 26.5 Å². The lowest BCUT2D eigenvalue weighted by Crippen LogP contribution is -2.26. The predicted molar refractivity (Wildman–Crippen MR) is 158 cm³/mol. The van der Waals surface area contributed by atoms with Crippen LogP contribution in [0.2, 0.25) is 0 Å². The number of nitro groups is 1. The zero-order chi connectivity index (χ0) is 29.1. The Labute approximate surface area is 237 Å². The van der Waals surface area contributed by atoms with E-state index in [9.17, 15) is 24.8 Å². The van der Waals surface area contributed by atoms with Gasteiger partial charge in [0, 0.05) is 41.3 Å². The summed E-state index contributed by atoms with van der Waals surface area (Å²) in [7, 11) is 0. The molecule has 1 heterocycles. The highest BCUT2D eigenvalue weighted by Gasteiger charge is 2.15. The average molecular weight is 548 g/mol. The molecule has 5 rings (SSSR count). The smallest absolute Gasteiger partial charge is 0.335 e. The Balaban J connectivity index is 1.37. The van der Waals surface area contributed by atoms with Crippen LogP contribution < -0.4 is 5.32 Å². The van der Waals surface area contributed by atoms with E-state index in [0.29, 0.717) is 12.1 Å². The molecule has 1 atom stereocenters. The van der Waals surface area contributed by atoms with E-state index in [1.54, 1.807) is 30.3 Å². The molecule has 0 aliphatic carbocycles. The van der Waals surface area contributed by atoms with Crippen LogP contribution in [0, 0.1) is 10.1 Å². The van der Waals surface area contributed by atoms with Crippen molar-refractivity contribution in [2.45, 2.75) is 32.9 Å². The minimum atomic E-state index is -0.947. The molecule has 0 aliphatic rings. The Morgan fingerprint density at radius 3 is 2.41 bits per heavy atom. The van der Waals surface area contributed by atoms with Crippen molar-refractivity contribution >= 4 is 28.5 Å². The zero-order valence-corrected chi connectivity index (χ0v) is 22.7. The first-order valence-electron chi connectivity index (χ1n) is 13.3. The van der Waals surface area contributed by atoms with Crippen molar-refractivity contribution in [3.8, 4) is 11.1 Å². The summed E-state index contributed by atoms with van der Waals surface area (Å²) in [4.78, 5) is 35.2.